The molecule has 5 nitrogen and oxygen atoms in total. The Morgan fingerprint density at radius 1 is 1.44 bits per heavy atom. The summed E-state index contributed by atoms with van der Waals surface area (Å²) in [5, 5.41) is 5.40. The molecule has 1 unspecified atom stereocenters. The molecule has 0 spiro atoms. The van der Waals surface area contributed by atoms with Crippen molar-refractivity contribution in [2.45, 2.75) is 45.7 Å². The number of carbonyl (C=O) groups is 2. The number of hydrogen-bond acceptors (Lipinski definition) is 4. The summed E-state index contributed by atoms with van der Waals surface area (Å²) in [6.07, 6.45) is 1.75. The number of amides is 2. The second kappa shape index (κ2) is 4.93. The molecule has 2 amide bonds. The lowest BCUT2D eigenvalue weighted by Crippen LogP contribution is -2.53. The van der Waals surface area contributed by atoms with Gasteiger partial charge in [0, 0.05) is 0 Å². The second-order valence-corrected chi connectivity index (χ2v) is 5.35. The van der Waals surface area contributed by atoms with Crippen LogP contribution in [0.1, 0.15) is 33.6 Å². The van der Waals surface area contributed by atoms with Crippen molar-refractivity contribution in [2.24, 2.45) is 11.1 Å². The van der Waals surface area contributed by atoms with E-state index in [2.05, 4.69) is 10.6 Å². The lowest BCUT2D eigenvalue weighted by atomic mass is 9.87. The molecule has 16 heavy (non-hydrogen) atoms. The van der Waals surface area contributed by atoms with Crippen molar-refractivity contribution in [2.75, 3.05) is 6.54 Å². The minimum Gasteiger partial charge on any atom is -0.319 e. The molecule has 5 heteroatoms. The van der Waals surface area contributed by atoms with Crippen molar-refractivity contribution < 1.29 is 9.59 Å². The van der Waals surface area contributed by atoms with Crippen LogP contribution in [-0.2, 0) is 9.59 Å². The van der Waals surface area contributed by atoms with Crippen molar-refractivity contribution >= 4 is 11.8 Å². The molecule has 0 aromatic carbocycles. The Balaban J connectivity index is 2.47. The van der Waals surface area contributed by atoms with E-state index in [0.717, 1.165) is 19.4 Å². The predicted octanol–water partition coefficient (Wildman–Crippen LogP) is -0.245. The summed E-state index contributed by atoms with van der Waals surface area (Å²) in [5.41, 5.74) is 5.42. The number of rotatable bonds is 2. The van der Waals surface area contributed by atoms with E-state index in [1.54, 1.807) is 0 Å². The van der Waals surface area contributed by atoms with Crippen molar-refractivity contribution in [1.82, 2.24) is 10.6 Å². The van der Waals surface area contributed by atoms with E-state index in [0.29, 0.717) is 0 Å². The molecule has 1 aliphatic rings. The Morgan fingerprint density at radius 2 is 2.06 bits per heavy atom. The van der Waals surface area contributed by atoms with Crippen LogP contribution < -0.4 is 16.4 Å². The summed E-state index contributed by atoms with van der Waals surface area (Å²) in [5.74, 6) is -0.659. The zero-order chi connectivity index (χ0) is 12.3. The van der Waals surface area contributed by atoms with Crippen molar-refractivity contribution in [3.63, 3.8) is 0 Å². The van der Waals surface area contributed by atoms with E-state index in [4.69, 9.17) is 5.73 Å². The van der Waals surface area contributed by atoms with Gasteiger partial charge in [-0.15, -0.1) is 0 Å². The molecule has 0 aliphatic carbocycles. The van der Waals surface area contributed by atoms with Crippen LogP contribution in [0.2, 0.25) is 0 Å². The van der Waals surface area contributed by atoms with Gasteiger partial charge in [0.05, 0.1) is 12.1 Å². The molecule has 0 radical (unpaired) electrons. The van der Waals surface area contributed by atoms with Crippen LogP contribution in [0.25, 0.3) is 0 Å². The highest BCUT2D eigenvalue weighted by Gasteiger charge is 2.30. The van der Waals surface area contributed by atoms with E-state index in [1.165, 1.54) is 0 Å². The number of hydrogen-bond donors (Lipinski definition) is 3. The van der Waals surface area contributed by atoms with Crippen LogP contribution in [0.4, 0.5) is 0 Å². The average Bonchev–Trinajstić information content (AvgIpc) is 2.67. The van der Waals surface area contributed by atoms with Gasteiger partial charge in [-0.25, -0.2) is 0 Å². The fraction of sp³-hybridized carbons (Fsp3) is 0.818. The lowest BCUT2D eigenvalue weighted by molar-refractivity contribution is -0.133. The highest BCUT2D eigenvalue weighted by molar-refractivity contribution is 6.00. The predicted molar refractivity (Wildman–Crippen MR) is 61.6 cm³/mol. The quantitative estimate of drug-likeness (QED) is 0.607. The van der Waals surface area contributed by atoms with Crippen LogP contribution in [-0.4, -0.2) is 30.4 Å². The zero-order valence-corrected chi connectivity index (χ0v) is 10.2. The van der Waals surface area contributed by atoms with Crippen LogP contribution in [0, 0.1) is 5.41 Å². The van der Waals surface area contributed by atoms with Gasteiger partial charge in [0.2, 0.25) is 11.8 Å². The Labute approximate surface area is 96.1 Å². The monoisotopic (exact) mass is 227 g/mol. The third-order valence-corrected chi connectivity index (χ3v) is 2.84. The largest absolute Gasteiger partial charge is 0.319 e. The normalized spacial score (nSPS) is 22.9. The summed E-state index contributed by atoms with van der Waals surface area (Å²) in [6.45, 7) is 6.44. The first-order chi connectivity index (χ1) is 7.32. The highest BCUT2D eigenvalue weighted by Crippen LogP contribution is 2.17. The molecule has 1 rings (SSSR count). The summed E-state index contributed by atoms with van der Waals surface area (Å²) in [7, 11) is 0. The maximum Gasteiger partial charge on any atom is 0.244 e. The maximum absolute atomic E-state index is 11.7. The van der Waals surface area contributed by atoms with E-state index in [1.807, 2.05) is 20.8 Å². The van der Waals surface area contributed by atoms with Gasteiger partial charge in [-0.2, -0.15) is 0 Å². The average molecular weight is 227 g/mol. The third-order valence-electron chi connectivity index (χ3n) is 2.84. The van der Waals surface area contributed by atoms with Crippen LogP contribution in [0.5, 0.6) is 0 Å². The Hall–Kier alpha value is -0.940. The minimum absolute atomic E-state index is 0.240. The lowest BCUT2D eigenvalue weighted by Gasteiger charge is -2.25. The van der Waals surface area contributed by atoms with Gasteiger partial charge in [0.25, 0.3) is 0 Å². The standard InChI is InChI=1S/C11H21N3O2/c1-11(2,3)8(12)10(16)14-9(15)7-5-4-6-13-7/h7-8,13H,4-6,12H2,1-3H3,(H,14,15,16)/t7-,8?/m0/s1. The Bertz CT molecular complexity index is 277. The summed E-state index contributed by atoms with van der Waals surface area (Å²) in [6, 6.07) is -0.908. The Kier molecular flexibility index (Phi) is 4.04. The van der Waals surface area contributed by atoms with Gasteiger partial charge < -0.3 is 11.1 Å². The molecule has 1 fully saturated rings. The molecular formula is C11H21N3O2. The Morgan fingerprint density at radius 3 is 2.50 bits per heavy atom. The number of nitrogens with one attached hydrogen (secondary N) is 2. The van der Waals surface area contributed by atoms with Crippen LogP contribution >= 0.6 is 0 Å². The smallest absolute Gasteiger partial charge is 0.244 e. The summed E-state index contributed by atoms with van der Waals surface area (Å²) < 4.78 is 0. The topological polar surface area (TPSA) is 84.2 Å². The van der Waals surface area contributed by atoms with Gasteiger partial charge in [0.15, 0.2) is 0 Å². The van der Waals surface area contributed by atoms with Crippen LogP contribution in [0.3, 0.4) is 0 Å². The minimum atomic E-state index is -0.669. The molecule has 0 aromatic rings. The molecule has 4 N–H and O–H groups in total. The fourth-order valence-electron chi connectivity index (χ4n) is 1.59. The van der Waals surface area contributed by atoms with Gasteiger partial charge >= 0.3 is 0 Å². The van der Waals surface area contributed by atoms with Gasteiger partial charge in [-0.3, -0.25) is 14.9 Å². The van der Waals surface area contributed by atoms with E-state index in [-0.39, 0.29) is 17.4 Å². The summed E-state index contributed by atoms with van der Waals surface area (Å²) >= 11 is 0. The van der Waals surface area contributed by atoms with Crippen molar-refractivity contribution in [1.29, 1.82) is 0 Å². The number of imide groups is 1. The first-order valence-corrected chi connectivity index (χ1v) is 5.66. The molecule has 2 atom stereocenters. The third kappa shape index (κ3) is 3.28. The van der Waals surface area contributed by atoms with E-state index >= 15 is 0 Å². The van der Waals surface area contributed by atoms with Gasteiger partial charge in [-0.1, -0.05) is 20.8 Å². The molecule has 0 aromatic heterocycles. The zero-order valence-electron chi connectivity index (χ0n) is 10.2. The highest BCUT2D eigenvalue weighted by atomic mass is 16.2. The number of carbonyl (C=O) groups excluding carboxylic acids is 2. The van der Waals surface area contributed by atoms with E-state index in [9.17, 15) is 9.59 Å². The maximum atomic E-state index is 11.7. The van der Waals surface area contributed by atoms with Crippen molar-refractivity contribution in [3.05, 3.63) is 0 Å². The molecular weight excluding hydrogens is 206 g/mol. The first kappa shape index (κ1) is 13.1. The molecule has 0 bridgehead atoms. The van der Waals surface area contributed by atoms with E-state index < -0.39 is 11.9 Å². The van der Waals surface area contributed by atoms with Gasteiger partial charge in [-0.05, 0) is 24.8 Å². The van der Waals surface area contributed by atoms with Crippen LogP contribution in [0.15, 0.2) is 0 Å². The fourth-order valence-corrected chi connectivity index (χ4v) is 1.59. The first-order valence-electron chi connectivity index (χ1n) is 5.66. The molecule has 1 heterocycles. The molecule has 92 valence electrons. The van der Waals surface area contributed by atoms with Gasteiger partial charge in [0.1, 0.15) is 0 Å². The molecule has 1 saturated heterocycles. The van der Waals surface area contributed by atoms with Crippen molar-refractivity contribution in [3.8, 4) is 0 Å². The summed E-state index contributed by atoms with van der Waals surface area (Å²) in [4.78, 5) is 23.3. The number of nitrogens with two attached hydrogens (primary N) is 1. The molecule has 1 aliphatic heterocycles. The second-order valence-electron chi connectivity index (χ2n) is 5.35. The molecule has 0 saturated carbocycles. The SMILES string of the molecule is CC(C)(C)C(N)C(=O)NC(=O)[C@@H]1CCCN1.